The van der Waals surface area contributed by atoms with Crippen LogP contribution in [0.15, 0.2) is 36.4 Å². The topological polar surface area (TPSA) is 56.8 Å². The van der Waals surface area contributed by atoms with E-state index < -0.39 is 0 Å². The summed E-state index contributed by atoms with van der Waals surface area (Å²) in [5.74, 6) is 0.829. The van der Waals surface area contributed by atoms with Gasteiger partial charge in [-0.05, 0) is 49.7 Å². The second-order valence-corrected chi connectivity index (χ2v) is 5.74. The fourth-order valence-electron chi connectivity index (χ4n) is 2.23. The molecule has 0 aromatic heterocycles. The van der Waals surface area contributed by atoms with E-state index in [0.717, 1.165) is 0 Å². The van der Waals surface area contributed by atoms with Crippen LogP contribution in [0.5, 0.6) is 17.2 Å². The van der Waals surface area contributed by atoms with Crippen molar-refractivity contribution in [2.24, 2.45) is 0 Å². The van der Waals surface area contributed by atoms with Gasteiger partial charge in [-0.3, -0.25) is 4.79 Å². The first kappa shape index (κ1) is 19.8. The Bertz CT molecular complexity index is 737. The van der Waals surface area contributed by atoms with Crippen molar-refractivity contribution in [2.75, 3.05) is 26.9 Å². The molecule has 0 unspecified atom stereocenters. The van der Waals surface area contributed by atoms with E-state index in [4.69, 9.17) is 25.8 Å². The zero-order valence-electron chi connectivity index (χ0n) is 14.7. The predicted octanol–water partition coefficient (Wildman–Crippen LogP) is 4.09. The van der Waals surface area contributed by atoms with Gasteiger partial charge in [0, 0.05) is 12.1 Å². The van der Waals surface area contributed by atoms with Gasteiger partial charge < -0.3 is 19.5 Å². The van der Waals surface area contributed by atoms with Crippen molar-refractivity contribution in [1.29, 1.82) is 0 Å². The molecule has 0 radical (unpaired) electrons. The highest BCUT2D eigenvalue weighted by atomic mass is 35.5. The zero-order valence-corrected chi connectivity index (χ0v) is 15.4. The van der Waals surface area contributed by atoms with Gasteiger partial charge in [-0.2, -0.15) is 0 Å². The number of carbonyl (C=O) groups excluding carboxylic acids is 1. The number of benzene rings is 2. The van der Waals surface area contributed by atoms with E-state index in [-0.39, 0.29) is 11.7 Å². The van der Waals surface area contributed by atoms with E-state index >= 15 is 0 Å². The van der Waals surface area contributed by atoms with E-state index in [1.807, 2.05) is 6.92 Å². The second kappa shape index (κ2) is 9.87. The molecule has 5 nitrogen and oxygen atoms in total. The Morgan fingerprint density at radius 2 is 1.92 bits per heavy atom. The van der Waals surface area contributed by atoms with Crippen molar-refractivity contribution >= 4 is 17.5 Å². The molecule has 0 bridgehead atoms. The normalized spacial score (nSPS) is 10.3. The Morgan fingerprint density at radius 3 is 2.58 bits per heavy atom. The van der Waals surface area contributed by atoms with Gasteiger partial charge in [0.25, 0.3) is 5.91 Å². The molecule has 2 aromatic rings. The van der Waals surface area contributed by atoms with Gasteiger partial charge in [0.2, 0.25) is 0 Å². The van der Waals surface area contributed by atoms with E-state index in [1.165, 1.54) is 19.2 Å². The summed E-state index contributed by atoms with van der Waals surface area (Å²) in [4.78, 5) is 12.3. The minimum atomic E-state index is -0.311. The minimum Gasteiger partial charge on any atom is -0.494 e. The monoisotopic (exact) mass is 381 g/mol. The Hall–Kier alpha value is -2.47. The van der Waals surface area contributed by atoms with E-state index in [1.54, 1.807) is 24.3 Å². The molecule has 0 atom stereocenters. The summed E-state index contributed by atoms with van der Waals surface area (Å²) >= 11 is 6.17. The van der Waals surface area contributed by atoms with Crippen LogP contribution in [0.25, 0.3) is 0 Å². The summed E-state index contributed by atoms with van der Waals surface area (Å²) in [7, 11) is 1.49. The maximum Gasteiger partial charge on any atom is 0.251 e. The average molecular weight is 382 g/mol. The van der Waals surface area contributed by atoms with Crippen LogP contribution in [0, 0.1) is 5.82 Å². The molecule has 0 saturated heterocycles. The third-order valence-electron chi connectivity index (χ3n) is 3.47. The van der Waals surface area contributed by atoms with Crippen molar-refractivity contribution in [2.45, 2.75) is 13.3 Å². The van der Waals surface area contributed by atoms with Gasteiger partial charge in [-0.15, -0.1) is 0 Å². The van der Waals surface area contributed by atoms with Crippen molar-refractivity contribution in [3.05, 3.63) is 52.8 Å². The van der Waals surface area contributed by atoms with Crippen molar-refractivity contribution in [3.63, 3.8) is 0 Å². The largest absolute Gasteiger partial charge is 0.494 e. The van der Waals surface area contributed by atoms with E-state index in [2.05, 4.69) is 5.32 Å². The summed E-state index contributed by atoms with van der Waals surface area (Å²) in [6, 6.07) is 8.91. The molecular weight excluding hydrogens is 361 g/mol. The van der Waals surface area contributed by atoms with Crippen LogP contribution in [0.4, 0.5) is 4.39 Å². The Labute approximate surface area is 157 Å². The molecule has 26 heavy (non-hydrogen) atoms. The van der Waals surface area contributed by atoms with Gasteiger partial charge in [0.05, 0.1) is 25.3 Å². The molecule has 0 heterocycles. The Morgan fingerprint density at radius 1 is 1.19 bits per heavy atom. The van der Waals surface area contributed by atoms with E-state index in [9.17, 15) is 9.18 Å². The molecule has 7 heteroatoms. The Balaban J connectivity index is 1.83. The molecular formula is C19H21ClFNO4. The van der Waals surface area contributed by atoms with Crippen LogP contribution in [-0.2, 0) is 0 Å². The SMILES string of the molecule is CCOc1c(Cl)cc(C(=O)NCCCOc2ccc(F)cc2)cc1OC. The number of ether oxygens (including phenoxy) is 3. The molecule has 0 aliphatic carbocycles. The molecule has 1 N–H and O–H groups in total. The average Bonchev–Trinajstić information content (AvgIpc) is 2.64. The van der Waals surface area contributed by atoms with Crippen molar-refractivity contribution < 1.29 is 23.4 Å². The number of nitrogens with one attached hydrogen (secondary N) is 1. The lowest BCUT2D eigenvalue weighted by Crippen LogP contribution is -2.25. The quantitative estimate of drug-likeness (QED) is 0.665. The van der Waals surface area contributed by atoms with Gasteiger partial charge in [-0.1, -0.05) is 11.6 Å². The number of amides is 1. The maximum absolute atomic E-state index is 12.8. The molecule has 140 valence electrons. The van der Waals surface area contributed by atoms with Gasteiger partial charge >= 0.3 is 0 Å². The second-order valence-electron chi connectivity index (χ2n) is 5.33. The molecule has 2 rings (SSSR count). The lowest BCUT2D eigenvalue weighted by molar-refractivity contribution is 0.0951. The van der Waals surface area contributed by atoms with Gasteiger partial charge in [0.1, 0.15) is 11.6 Å². The molecule has 2 aromatic carbocycles. The standard InChI is InChI=1S/C19H21ClFNO4/c1-3-25-18-16(20)11-13(12-17(18)24-2)19(23)22-9-4-10-26-15-7-5-14(21)6-8-15/h5-8,11-12H,3-4,9-10H2,1-2H3,(H,22,23). The lowest BCUT2D eigenvalue weighted by atomic mass is 10.2. The number of hydrogen-bond acceptors (Lipinski definition) is 4. The highest BCUT2D eigenvalue weighted by Crippen LogP contribution is 2.36. The maximum atomic E-state index is 12.8. The number of methoxy groups -OCH3 is 1. The smallest absolute Gasteiger partial charge is 0.251 e. The van der Waals surface area contributed by atoms with Crippen LogP contribution in [0.3, 0.4) is 0 Å². The first-order valence-corrected chi connectivity index (χ1v) is 8.59. The lowest BCUT2D eigenvalue weighted by Gasteiger charge is -2.13. The van der Waals surface area contributed by atoms with Gasteiger partial charge in [-0.25, -0.2) is 4.39 Å². The third kappa shape index (κ3) is 5.52. The molecule has 0 aliphatic heterocycles. The fourth-order valence-corrected chi connectivity index (χ4v) is 2.50. The van der Waals surface area contributed by atoms with Crippen molar-refractivity contribution in [1.82, 2.24) is 5.32 Å². The molecule has 0 saturated carbocycles. The summed E-state index contributed by atoms with van der Waals surface area (Å²) in [6.07, 6.45) is 0.602. The van der Waals surface area contributed by atoms with Crippen LogP contribution in [0.2, 0.25) is 5.02 Å². The zero-order chi connectivity index (χ0) is 18.9. The van der Waals surface area contributed by atoms with Crippen molar-refractivity contribution in [3.8, 4) is 17.2 Å². The molecule has 0 spiro atoms. The van der Waals surface area contributed by atoms with Crippen LogP contribution >= 0.6 is 11.6 Å². The van der Waals surface area contributed by atoms with E-state index in [0.29, 0.717) is 54.0 Å². The summed E-state index contributed by atoms with van der Waals surface area (Å²) in [6.45, 7) is 3.10. The summed E-state index contributed by atoms with van der Waals surface area (Å²) < 4.78 is 28.9. The van der Waals surface area contributed by atoms with Crippen LogP contribution < -0.4 is 19.5 Å². The highest BCUT2D eigenvalue weighted by Gasteiger charge is 2.15. The number of rotatable bonds is 9. The van der Waals surface area contributed by atoms with Crippen LogP contribution in [0.1, 0.15) is 23.7 Å². The number of halogens is 2. The summed E-state index contributed by atoms with van der Waals surface area (Å²) in [5.41, 5.74) is 0.384. The summed E-state index contributed by atoms with van der Waals surface area (Å²) in [5, 5.41) is 3.11. The number of hydrogen-bond donors (Lipinski definition) is 1. The molecule has 0 aliphatic rings. The highest BCUT2D eigenvalue weighted by molar-refractivity contribution is 6.32. The van der Waals surface area contributed by atoms with Crippen LogP contribution in [-0.4, -0.2) is 32.8 Å². The fraction of sp³-hybridized carbons (Fsp3) is 0.316. The first-order chi connectivity index (χ1) is 12.5. The number of carbonyl (C=O) groups is 1. The minimum absolute atomic E-state index is 0.268. The predicted molar refractivity (Wildman–Crippen MR) is 98.0 cm³/mol. The third-order valence-corrected chi connectivity index (χ3v) is 3.75. The molecule has 1 amide bonds. The van der Waals surface area contributed by atoms with Gasteiger partial charge in [0.15, 0.2) is 11.5 Å². The molecule has 0 fully saturated rings. The first-order valence-electron chi connectivity index (χ1n) is 8.22. The Kier molecular flexibility index (Phi) is 7.53.